The van der Waals surface area contributed by atoms with Gasteiger partial charge in [-0.2, -0.15) is 4.98 Å². The molecule has 1 heterocycles. The van der Waals surface area contributed by atoms with Gasteiger partial charge < -0.3 is 14.6 Å². The molecule has 1 unspecified atom stereocenters. The van der Waals surface area contributed by atoms with Gasteiger partial charge in [-0.1, -0.05) is 23.4 Å². The van der Waals surface area contributed by atoms with Crippen molar-refractivity contribution in [1.82, 2.24) is 10.1 Å². The van der Waals surface area contributed by atoms with Crippen molar-refractivity contribution in [3.8, 4) is 0 Å². The van der Waals surface area contributed by atoms with Crippen molar-refractivity contribution in [3.63, 3.8) is 0 Å². The number of nitro benzene ring substituents is 1. The molecule has 0 aliphatic rings. The predicted molar refractivity (Wildman–Crippen MR) is 95.7 cm³/mol. The number of rotatable bonds is 6. The zero-order valence-corrected chi connectivity index (χ0v) is 14.6. The van der Waals surface area contributed by atoms with Gasteiger partial charge in [-0.15, -0.1) is 0 Å². The van der Waals surface area contributed by atoms with Gasteiger partial charge in [0.05, 0.1) is 10.5 Å². The molecule has 0 saturated heterocycles. The highest BCUT2D eigenvalue weighted by molar-refractivity contribution is 5.91. The van der Waals surface area contributed by atoms with Gasteiger partial charge in [0.25, 0.3) is 11.6 Å². The van der Waals surface area contributed by atoms with E-state index in [1.807, 2.05) is 6.07 Å². The van der Waals surface area contributed by atoms with E-state index in [-0.39, 0.29) is 22.8 Å². The van der Waals surface area contributed by atoms with Crippen molar-refractivity contribution < 1.29 is 19.0 Å². The molecule has 138 valence electrons. The Kier molecular flexibility index (Phi) is 5.11. The number of aryl methyl sites for hydroxylation is 1. The molecule has 3 rings (SSSR count). The van der Waals surface area contributed by atoms with Crippen molar-refractivity contribution in [1.29, 1.82) is 0 Å². The van der Waals surface area contributed by atoms with Gasteiger partial charge in [-0.25, -0.2) is 4.79 Å². The lowest BCUT2D eigenvalue weighted by Gasteiger charge is -2.11. The fourth-order valence-corrected chi connectivity index (χ4v) is 2.35. The van der Waals surface area contributed by atoms with Crippen molar-refractivity contribution in [2.75, 3.05) is 5.32 Å². The SMILES string of the molecule is Cc1noc(C(C)OC(=O)c2ccc(Nc3ccccc3)c([N+](=O)[O-])c2)n1. The van der Waals surface area contributed by atoms with E-state index < -0.39 is 17.0 Å². The Bertz CT molecular complexity index is 971. The van der Waals surface area contributed by atoms with Crippen LogP contribution in [0.2, 0.25) is 0 Å². The lowest BCUT2D eigenvalue weighted by atomic mass is 10.1. The van der Waals surface area contributed by atoms with Crippen LogP contribution in [0.1, 0.15) is 35.1 Å². The summed E-state index contributed by atoms with van der Waals surface area (Å²) in [5.74, 6) is -0.162. The molecule has 3 aromatic rings. The Labute approximate surface area is 154 Å². The molecule has 1 atom stereocenters. The van der Waals surface area contributed by atoms with Crippen LogP contribution in [-0.2, 0) is 4.74 Å². The molecule has 0 bridgehead atoms. The molecule has 1 aromatic heterocycles. The highest BCUT2D eigenvalue weighted by Crippen LogP contribution is 2.29. The van der Waals surface area contributed by atoms with Gasteiger partial charge in [0.1, 0.15) is 5.69 Å². The predicted octanol–water partition coefficient (Wildman–Crippen LogP) is 3.95. The average molecular weight is 368 g/mol. The standard InChI is InChI=1S/C18H16N4O5/c1-11(17-19-12(2)21-27-17)26-18(23)13-8-9-15(16(10-13)22(24)25)20-14-6-4-3-5-7-14/h3-11,20H,1-2H3. The Hall–Kier alpha value is -3.75. The van der Waals surface area contributed by atoms with Crippen LogP contribution in [0.15, 0.2) is 53.1 Å². The zero-order chi connectivity index (χ0) is 19.4. The normalized spacial score (nSPS) is 11.6. The summed E-state index contributed by atoms with van der Waals surface area (Å²) in [6.45, 7) is 3.22. The maximum absolute atomic E-state index is 12.3. The highest BCUT2D eigenvalue weighted by Gasteiger charge is 2.22. The number of anilines is 2. The van der Waals surface area contributed by atoms with Crippen LogP contribution in [0.3, 0.4) is 0 Å². The number of benzene rings is 2. The molecule has 0 fully saturated rings. The van der Waals surface area contributed by atoms with Crippen LogP contribution in [0.25, 0.3) is 0 Å². The van der Waals surface area contributed by atoms with E-state index in [4.69, 9.17) is 9.26 Å². The van der Waals surface area contributed by atoms with E-state index in [0.717, 1.165) is 0 Å². The van der Waals surface area contributed by atoms with Gasteiger partial charge in [-0.3, -0.25) is 10.1 Å². The Morgan fingerprint density at radius 3 is 2.63 bits per heavy atom. The maximum Gasteiger partial charge on any atom is 0.339 e. The lowest BCUT2D eigenvalue weighted by Crippen LogP contribution is -2.10. The third-order valence-corrected chi connectivity index (χ3v) is 3.66. The first-order valence-electron chi connectivity index (χ1n) is 8.05. The number of ether oxygens (including phenoxy) is 1. The van der Waals surface area contributed by atoms with E-state index in [1.165, 1.54) is 18.2 Å². The molecule has 27 heavy (non-hydrogen) atoms. The maximum atomic E-state index is 12.3. The Morgan fingerprint density at radius 2 is 2.00 bits per heavy atom. The number of nitrogens with zero attached hydrogens (tertiary/aromatic N) is 3. The number of nitro groups is 1. The van der Waals surface area contributed by atoms with E-state index in [9.17, 15) is 14.9 Å². The van der Waals surface area contributed by atoms with E-state index in [0.29, 0.717) is 11.5 Å². The van der Waals surface area contributed by atoms with Crippen LogP contribution >= 0.6 is 0 Å². The minimum absolute atomic E-state index is 0.0448. The third-order valence-electron chi connectivity index (χ3n) is 3.66. The smallest absolute Gasteiger partial charge is 0.339 e. The number of hydrogen-bond donors (Lipinski definition) is 1. The number of hydrogen-bond acceptors (Lipinski definition) is 8. The molecule has 0 spiro atoms. The molecular weight excluding hydrogens is 352 g/mol. The van der Waals surface area contributed by atoms with Crippen LogP contribution in [0, 0.1) is 17.0 Å². The van der Waals surface area contributed by atoms with Crippen LogP contribution in [-0.4, -0.2) is 21.0 Å². The van der Waals surface area contributed by atoms with Crippen molar-refractivity contribution in [2.45, 2.75) is 20.0 Å². The van der Waals surface area contributed by atoms with Crippen molar-refractivity contribution in [2.24, 2.45) is 0 Å². The summed E-state index contributed by atoms with van der Waals surface area (Å²) < 4.78 is 10.2. The summed E-state index contributed by atoms with van der Waals surface area (Å²) in [6.07, 6.45) is -0.778. The monoisotopic (exact) mass is 368 g/mol. The third kappa shape index (κ3) is 4.27. The van der Waals surface area contributed by atoms with Gasteiger partial charge in [-0.05, 0) is 38.1 Å². The first kappa shape index (κ1) is 18.1. The number of nitrogens with one attached hydrogen (secondary N) is 1. The minimum atomic E-state index is -0.778. The quantitative estimate of drug-likeness (QED) is 0.394. The minimum Gasteiger partial charge on any atom is -0.449 e. The molecular formula is C18H16N4O5. The summed E-state index contributed by atoms with van der Waals surface area (Å²) in [6, 6.07) is 13.1. The van der Waals surface area contributed by atoms with Crippen molar-refractivity contribution >= 4 is 23.0 Å². The molecule has 9 heteroatoms. The van der Waals surface area contributed by atoms with Gasteiger partial charge >= 0.3 is 5.97 Å². The summed E-state index contributed by atoms with van der Waals surface area (Å²) in [5, 5.41) is 18.0. The molecule has 0 saturated carbocycles. The summed E-state index contributed by atoms with van der Waals surface area (Å²) >= 11 is 0. The molecule has 0 radical (unpaired) electrons. The second-order valence-electron chi connectivity index (χ2n) is 5.71. The Balaban J connectivity index is 1.80. The van der Waals surface area contributed by atoms with Crippen LogP contribution < -0.4 is 5.32 Å². The highest BCUT2D eigenvalue weighted by atomic mass is 16.6. The molecule has 0 aliphatic carbocycles. The van der Waals surface area contributed by atoms with Gasteiger partial charge in [0.2, 0.25) is 0 Å². The zero-order valence-electron chi connectivity index (χ0n) is 14.6. The molecule has 1 N–H and O–H groups in total. The van der Waals surface area contributed by atoms with Crippen LogP contribution in [0.5, 0.6) is 0 Å². The van der Waals surface area contributed by atoms with E-state index in [2.05, 4.69) is 15.5 Å². The molecule has 0 amide bonds. The fraction of sp³-hybridized carbons (Fsp3) is 0.167. The van der Waals surface area contributed by atoms with Gasteiger partial charge in [0, 0.05) is 11.8 Å². The largest absolute Gasteiger partial charge is 0.449 e. The summed E-state index contributed by atoms with van der Waals surface area (Å²) in [5.41, 5.74) is 0.762. The number of para-hydroxylation sites is 1. The second-order valence-corrected chi connectivity index (χ2v) is 5.71. The molecule has 9 nitrogen and oxygen atoms in total. The van der Waals surface area contributed by atoms with Crippen LogP contribution in [0.4, 0.5) is 17.1 Å². The Morgan fingerprint density at radius 1 is 1.26 bits per heavy atom. The lowest BCUT2D eigenvalue weighted by molar-refractivity contribution is -0.383. The second kappa shape index (κ2) is 7.65. The van der Waals surface area contributed by atoms with Crippen molar-refractivity contribution in [3.05, 3.63) is 75.9 Å². The average Bonchev–Trinajstić information content (AvgIpc) is 3.09. The number of carbonyl (C=O) groups excluding carboxylic acids is 1. The van der Waals surface area contributed by atoms with E-state index >= 15 is 0 Å². The van der Waals surface area contributed by atoms with E-state index in [1.54, 1.807) is 38.1 Å². The number of aromatic nitrogens is 2. The molecule has 0 aliphatic heterocycles. The first-order chi connectivity index (χ1) is 12.9. The van der Waals surface area contributed by atoms with Gasteiger partial charge in [0.15, 0.2) is 11.9 Å². The topological polar surface area (TPSA) is 120 Å². The number of carbonyl (C=O) groups is 1. The fourth-order valence-electron chi connectivity index (χ4n) is 2.35. The number of esters is 1. The summed E-state index contributed by atoms with van der Waals surface area (Å²) in [4.78, 5) is 27.2. The molecule has 2 aromatic carbocycles. The summed E-state index contributed by atoms with van der Waals surface area (Å²) in [7, 11) is 0. The first-order valence-corrected chi connectivity index (χ1v) is 8.05.